The maximum atomic E-state index is 14.2. The van der Waals surface area contributed by atoms with Crippen molar-refractivity contribution in [3.63, 3.8) is 0 Å². The first kappa shape index (κ1) is 13.5. The fourth-order valence-electron chi connectivity index (χ4n) is 2.09. The van der Waals surface area contributed by atoms with E-state index >= 15 is 0 Å². The molecular formula is C16H14FN3O. The van der Waals surface area contributed by atoms with Gasteiger partial charge in [0.1, 0.15) is 5.52 Å². The second-order valence-corrected chi connectivity index (χ2v) is 4.68. The lowest BCUT2D eigenvalue weighted by Crippen LogP contribution is -2.03. The van der Waals surface area contributed by atoms with Crippen molar-refractivity contribution in [2.24, 2.45) is 5.73 Å². The summed E-state index contributed by atoms with van der Waals surface area (Å²) in [6, 6.07) is 10.9. The maximum absolute atomic E-state index is 14.2. The molecule has 3 rings (SSSR count). The van der Waals surface area contributed by atoms with Gasteiger partial charge in [0, 0.05) is 29.4 Å². The van der Waals surface area contributed by atoms with Gasteiger partial charge in [-0.15, -0.1) is 0 Å². The molecule has 2 aromatic heterocycles. The molecule has 0 bridgehead atoms. The Bertz CT molecular complexity index is 805. The Morgan fingerprint density at radius 1 is 1.19 bits per heavy atom. The Balaban J connectivity index is 2.08. The van der Waals surface area contributed by atoms with Gasteiger partial charge in [0.15, 0.2) is 11.6 Å². The minimum absolute atomic E-state index is 0.0891. The van der Waals surface area contributed by atoms with Gasteiger partial charge < -0.3 is 10.5 Å². The van der Waals surface area contributed by atoms with Gasteiger partial charge in [-0.3, -0.25) is 0 Å². The fourth-order valence-corrected chi connectivity index (χ4v) is 2.09. The highest BCUT2D eigenvalue weighted by Crippen LogP contribution is 2.29. The molecule has 21 heavy (non-hydrogen) atoms. The molecule has 2 N–H and O–H groups in total. The average Bonchev–Trinajstić information content (AvgIpc) is 2.50. The van der Waals surface area contributed by atoms with Gasteiger partial charge >= 0.3 is 0 Å². The molecule has 0 atom stereocenters. The van der Waals surface area contributed by atoms with E-state index in [1.54, 1.807) is 6.07 Å². The molecule has 0 amide bonds. The molecule has 0 aliphatic carbocycles. The van der Waals surface area contributed by atoms with Crippen molar-refractivity contribution in [3.8, 4) is 11.6 Å². The number of hydrogen-bond acceptors (Lipinski definition) is 4. The minimum atomic E-state index is -0.537. The van der Waals surface area contributed by atoms with Gasteiger partial charge in [-0.2, -0.15) is 0 Å². The minimum Gasteiger partial charge on any atom is -0.434 e. The van der Waals surface area contributed by atoms with Crippen LogP contribution in [-0.4, -0.2) is 9.97 Å². The van der Waals surface area contributed by atoms with Crippen LogP contribution in [0.4, 0.5) is 4.39 Å². The molecule has 0 saturated heterocycles. The molecule has 4 nitrogen and oxygen atoms in total. The maximum Gasteiger partial charge on any atom is 0.256 e. The molecule has 0 saturated carbocycles. The van der Waals surface area contributed by atoms with Crippen molar-refractivity contribution in [3.05, 3.63) is 59.7 Å². The first-order valence-corrected chi connectivity index (χ1v) is 6.56. The van der Waals surface area contributed by atoms with Gasteiger partial charge in [-0.25, -0.2) is 14.4 Å². The largest absolute Gasteiger partial charge is 0.434 e. The van der Waals surface area contributed by atoms with E-state index in [0.717, 1.165) is 11.1 Å². The zero-order chi connectivity index (χ0) is 14.8. The van der Waals surface area contributed by atoms with Crippen LogP contribution in [0.3, 0.4) is 0 Å². The molecular weight excluding hydrogens is 269 g/mol. The van der Waals surface area contributed by atoms with Crippen molar-refractivity contribution in [2.45, 2.75) is 13.5 Å². The van der Waals surface area contributed by atoms with Crippen LogP contribution in [0.1, 0.15) is 11.3 Å². The van der Waals surface area contributed by atoms with Crippen LogP contribution in [-0.2, 0) is 6.54 Å². The molecule has 2 heterocycles. The quantitative estimate of drug-likeness (QED) is 0.801. The van der Waals surface area contributed by atoms with Crippen molar-refractivity contribution >= 4 is 10.9 Å². The fraction of sp³-hybridized carbons (Fsp3) is 0.125. The Labute approximate surface area is 121 Å². The molecule has 0 fully saturated rings. The summed E-state index contributed by atoms with van der Waals surface area (Å²) in [7, 11) is 0. The number of nitrogens with two attached hydrogens (primary N) is 1. The van der Waals surface area contributed by atoms with Crippen LogP contribution in [0.25, 0.3) is 10.9 Å². The highest BCUT2D eigenvalue weighted by Gasteiger charge is 2.12. The SMILES string of the molecule is Cc1ccc2cccc(Oc3nccc(CN)c3F)c2n1. The Morgan fingerprint density at radius 3 is 2.86 bits per heavy atom. The van der Waals surface area contributed by atoms with E-state index in [1.165, 1.54) is 12.3 Å². The van der Waals surface area contributed by atoms with Gasteiger partial charge in [-0.05, 0) is 25.1 Å². The van der Waals surface area contributed by atoms with E-state index in [4.69, 9.17) is 10.5 Å². The standard InChI is InChI=1S/C16H14FN3O/c1-10-5-6-11-3-2-4-13(15(11)20-10)21-16-14(17)12(9-18)7-8-19-16/h2-8H,9,18H2,1H3. The zero-order valence-electron chi connectivity index (χ0n) is 11.5. The number of pyridine rings is 2. The van der Waals surface area contributed by atoms with Crippen LogP contribution in [0.15, 0.2) is 42.6 Å². The third kappa shape index (κ3) is 2.55. The summed E-state index contributed by atoms with van der Waals surface area (Å²) in [5, 5.41) is 0.925. The molecule has 0 spiro atoms. The summed E-state index contributed by atoms with van der Waals surface area (Å²) >= 11 is 0. The first-order chi connectivity index (χ1) is 10.2. The summed E-state index contributed by atoms with van der Waals surface area (Å²) in [6.45, 7) is 1.99. The van der Waals surface area contributed by atoms with E-state index in [1.807, 2.05) is 31.2 Å². The number of hydrogen-bond donors (Lipinski definition) is 1. The number of nitrogens with zero attached hydrogens (tertiary/aromatic N) is 2. The van der Waals surface area contributed by atoms with E-state index < -0.39 is 5.82 Å². The lowest BCUT2D eigenvalue weighted by Gasteiger charge is -2.10. The molecule has 5 heteroatoms. The zero-order valence-corrected chi connectivity index (χ0v) is 11.5. The molecule has 0 aliphatic heterocycles. The summed E-state index contributed by atoms with van der Waals surface area (Å²) in [6.07, 6.45) is 1.48. The van der Waals surface area contributed by atoms with Gasteiger partial charge in [0.05, 0.1) is 0 Å². The number of rotatable bonds is 3. The van der Waals surface area contributed by atoms with Crippen LogP contribution < -0.4 is 10.5 Å². The van der Waals surface area contributed by atoms with Crippen LogP contribution in [0.5, 0.6) is 11.6 Å². The monoisotopic (exact) mass is 283 g/mol. The Morgan fingerprint density at radius 2 is 2.05 bits per heavy atom. The molecule has 0 unspecified atom stereocenters. The second kappa shape index (κ2) is 5.46. The van der Waals surface area contributed by atoms with Crippen LogP contribution in [0.2, 0.25) is 0 Å². The van der Waals surface area contributed by atoms with Gasteiger partial charge in [-0.1, -0.05) is 18.2 Å². The smallest absolute Gasteiger partial charge is 0.256 e. The van der Waals surface area contributed by atoms with Crippen molar-refractivity contribution in [2.75, 3.05) is 0 Å². The Hall–Kier alpha value is -2.53. The first-order valence-electron chi connectivity index (χ1n) is 6.56. The second-order valence-electron chi connectivity index (χ2n) is 4.68. The third-order valence-corrected chi connectivity index (χ3v) is 3.19. The number of ether oxygens (including phenoxy) is 1. The van der Waals surface area contributed by atoms with E-state index in [2.05, 4.69) is 9.97 Å². The molecule has 0 radical (unpaired) electrons. The number of halogens is 1. The summed E-state index contributed by atoms with van der Waals surface area (Å²) in [5.74, 6) is -0.157. The molecule has 0 aliphatic rings. The number of benzene rings is 1. The highest BCUT2D eigenvalue weighted by molar-refractivity contribution is 5.84. The van der Waals surface area contributed by atoms with E-state index in [-0.39, 0.29) is 12.4 Å². The lowest BCUT2D eigenvalue weighted by molar-refractivity contribution is 0.422. The van der Waals surface area contributed by atoms with E-state index in [9.17, 15) is 4.39 Å². The molecule has 106 valence electrons. The number of aryl methyl sites for hydroxylation is 1. The van der Waals surface area contributed by atoms with Crippen molar-refractivity contribution < 1.29 is 9.13 Å². The molecule has 3 aromatic rings. The van der Waals surface area contributed by atoms with Gasteiger partial charge in [0.25, 0.3) is 5.88 Å². The topological polar surface area (TPSA) is 61.0 Å². The van der Waals surface area contributed by atoms with E-state index in [0.29, 0.717) is 16.8 Å². The summed E-state index contributed by atoms with van der Waals surface area (Å²) in [5.41, 5.74) is 7.39. The highest BCUT2D eigenvalue weighted by atomic mass is 19.1. The average molecular weight is 283 g/mol. The number of para-hydroxylation sites is 1. The van der Waals surface area contributed by atoms with Crippen LogP contribution >= 0.6 is 0 Å². The summed E-state index contributed by atoms with van der Waals surface area (Å²) in [4.78, 5) is 8.37. The van der Waals surface area contributed by atoms with Crippen molar-refractivity contribution in [1.82, 2.24) is 9.97 Å². The van der Waals surface area contributed by atoms with Gasteiger partial charge in [0.2, 0.25) is 0 Å². The Kier molecular flexibility index (Phi) is 3.50. The van der Waals surface area contributed by atoms with Crippen LogP contribution in [0, 0.1) is 12.7 Å². The number of fused-ring (bicyclic) bond motifs is 1. The third-order valence-electron chi connectivity index (χ3n) is 3.19. The summed E-state index contributed by atoms with van der Waals surface area (Å²) < 4.78 is 19.8. The molecule has 1 aromatic carbocycles. The normalized spacial score (nSPS) is 10.8. The number of aromatic nitrogens is 2. The lowest BCUT2D eigenvalue weighted by atomic mass is 10.2. The van der Waals surface area contributed by atoms with Crippen molar-refractivity contribution in [1.29, 1.82) is 0 Å². The predicted octanol–water partition coefficient (Wildman–Crippen LogP) is 3.33. The predicted molar refractivity (Wildman–Crippen MR) is 78.6 cm³/mol.